The fourth-order valence-corrected chi connectivity index (χ4v) is 5.09. The molecule has 2 aliphatic heterocycles. The summed E-state index contributed by atoms with van der Waals surface area (Å²) in [5.41, 5.74) is 2.63. The van der Waals surface area contributed by atoms with Gasteiger partial charge in [0.15, 0.2) is 5.65 Å². The number of hydrogen-bond donors (Lipinski definition) is 0. The Morgan fingerprint density at radius 2 is 2.12 bits per heavy atom. The number of amides is 1. The molecular formula is C18H18N4O2S. The smallest absolute Gasteiger partial charge is 0.255 e. The molecular weight excluding hydrogens is 336 g/mol. The number of aromatic nitrogens is 3. The lowest BCUT2D eigenvalue weighted by atomic mass is 9.85. The lowest BCUT2D eigenvalue weighted by Gasteiger charge is -2.43. The van der Waals surface area contributed by atoms with Crippen LogP contribution >= 0.6 is 11.3 Å². The van der Waals surface area contributed by atoms with E-state index in [2.05, 4.69) is 21.5 Å². The molecule has 0 unspecified atom stereocenters. The molecule has 7 heteroatoms. The van der Waals surface area contributed by atoms with Crippen LogP contribution in [0.2, 0.25) is 0 Å². The first-order valence-corrected chi connectivity index (χ1v) is 9.43. The highest BCUT2D eigenvalue weighted by Gasteiger charge is 2.42. The zero-order valence-corrected chi connectivity index (χ0v) is 14.5. The Morgan fingerprint density at radius 1 is 1.24 bits per heavy atom. The van der Waals surface area contributed by atoms with Crippen molar-refractivity contribution in [1.29, 1.82) is 0 Å². The number of ether oxygens (including phenoxy) is 1. The molecule has 1 amide bonds. The number of likely N-dealkylation sites (tertiary alicyclic amines) is 1. The number of hydrogen-bond acceptors (Lipinski definition) is 5. The van der Waals surface area contributed by atoms with E-state index in [0.717, 1.165) is 31.5 Å². The summed E-state index contributed by atoms with van der Waals surface area (Å²) in [6, 6.07) is 5.87. The topological polar surface area (TPSA) is 59.7 Å². The number of pyridine rings is 1. The van der Waals surface area contributed by atoms with E-state index in [1.807, 2.05) is 17.0 Å². The number of carbonyl (C=O) groups excluding carboxylic acids is 1. The third kappa shape index (κ3) is 2.38. The van der Waals surface area contributed by atoms with Crippen LogP contribution in [0.15, 0.2) is 36.1 Å². The second-order valence-electron chi connectivity index (χ2n) is 6.64. The highest BCUT2D eigenvalue weighted by atomic mass is 32.1. The Bertz CT molecular complexity index is 939. The number of rotatable bonds is 1. The standard InChI is InChI=1S/C18H18N4O2S/c23-17(14-1-2-15-19-12-20-22(15)11-14)21-7-5-18(6-8-21)16-13(3-9-24-18)4-10-25-16/h1-2,4,10-12H,3,5-9H2. The monoisotopic (exact) mass is 354 g/mol. The van der Waals surface area contributed by atoms with E-state index in [4.69, 9.17) is 4.74 Å². The van der Waals surface area contributed by atoms with E-state index in [-0.39, 0.29) is 11.5 Å². The Kier molecular flexibility index (Phi) is 3.39. The van der Waals surface area contributed by atoms with Crippen LogP contribution < -0.4 is 0 Å². The summed E-state index contributed by atoms with van der Waals surface area (Å²) in [6.45, 7) is 2.21. The van der Waals surface area contributed by atoms with Crippen molar-refractivity contribution in [3.05, 3.63) is 52.1 Å². The molecule has 0 bridgehead atoms. The molecule has 5 heterocycles. The predicted molar refractivity (Wildman–Crippen MR) is 93.8 cm³/mol. The average Bonchev–Trinajstić information content (AvgIpc) is 3.31. The molecule has 25 heavy (non-hydrogen) atoms. The van der Waals surface area contributed by atoms with Gasteiger partial charge in [-0.2, -0.15) is 5.10 Å². The summed E-state index contributed by atoms with van der Waals surface area (Å²) in [4.78, 5) is 20.3. The Balaban J connectivity index is 1.36. The molecule has 0 N–H and O–H groups in total. The van der Waals surface area contributed by atoms with Crippen LogP contribution in [0.5, 0.6) is 0 Å². The largest absolute Gasteiger partial charge is 0.369 e. The van der Waals surface area contributed by atoms with Crippen molar-refractivity contribution in [1.82, 2.24) is 19.5 Å². The van der Waals surface area contributed by atoms with Gasteiger partial charge in [-0.1, -0.05) is 0 Å². The second-order valence-corrected chi connectivity index (χ2v) is 7.56. The van der Waals surface area contributed by atoms with Gasteiger partial charge < -0.3 is 9.64 Å². The molecule has 0 atom stereocenters. The summed E-state index contributed by atoms with van der Waals surface area (Å²) in [5.74, 6) is 0.0504. The SMILES string of the molecule is O=C(c1ccc2ncnn2c1)N1CCC2(CC1)OCCc1ccsc12. The van der Waals surface area contributed by atoms with Crippen molar-refractivity contribution in [2.75, 3.05) is 19.7 Å². The van der Waals surface area contributed by atoms with Gasteiger partial charge in [-0.3, -0.25) is 4.79 Å². The first-order chi connectivity index (χ1) is 12.3. The molecule has 1 spiro atoms. The molecule has 3 aromatic rings. The molecule has 0 saturated carbocycles. The molecule has 6 nitrogen and oxygen atoms in total. The van der Waals surface area contributed by atoms with E-state index in [1.54, 1.807) is 22.0 Å². The second kappa shape index (κ2) is 5.64. The molecule has 0 aromatic carbocycles. The lowest BCUT2D eigenvalue weighted by Crippen LogP contribution is -2.47. The van der Waals surface area contributed by atoms with E-state index in [1.165, 1.54) is 16.8 Å². The van der Waals surface area contributed by atoms with Crippen molar-refractivity contribution in [2.24, 2.45) is 0 Å². The summed E-state index contributed by atoms with van der Waals surface area (Å²) in [5, 5.41) is 6.27. The molecule has 0 radical (unpaired) electrons. The fraction of sp³-hybridized carbons (Fsp3) is 0.389. The first-order valence-electron chi connectivity index (χ1n) is 8.55. The number of thiophene rings is 1. The summed E-state index contributed by atoms with van der Waals surface area (Å²) < 4.78 is 7.86. The first kappa shape index (κ1) is 15.0. The fourth-order valence-electron chi connectivity index (χ4n) is 3.92. The number of nitrogens with zero attached hydrogens (tertiary/aromatic N) is 4. The van der Waals surface area contributed by atoms with Gasteiger partial charge in [0, 0.05) is 24.2 Å². The van der Waals surface area contributed by atoms with Crippen molar-refractivity contribution in [3.8, 4) is 0 Å². The molecule has 5 rings (SSSR count). The van der Waals surface area contributed by atoms with E-state index in [0.29, 0.717) is 18.7 Å². The van der Waals surface area contributed by atoms with Gasteiger partial charge in [0.25, 0.3) is 5.91 Å². The van der Waals surface area contributed by atoms with Crippen molar-refractivity contribution < 1.29 is 9.53 Å². The third-order valence-corrected chi connectivity index (χ3v) is 6.43. The van der Waals surface area contributed by atoms with Crippen LogP contribution in [0.1, 0.15) is 33.6 Å². The molecule has 1 saturated heterocycles. The molecule has 128 valence electrons. The highest BCUT2D eigenvalue weighted by Crippen LogP contribution is 2.44. The summed E-state index contributed by atoms with van der Waals surface area (Å²) in [7, 11) is 0. The minimum absolute atomic E-state index is 0.0504. The van der Waals surface area contributed by atoms with Crippen LogP contribution in [-0.2, 0) is 16.8 Å². The van der Waals surface area contributed by atoms with Crippen molar-refractivity contribution >= 4 is 22.9 Å². The van der Waals surface area contributed by atoms with Crippen LogP contribution in [0.4, 0.5) is 0 Å². The maximum Gasteiger partial charge on any atom is 0.255 e. The summed E-state index contributed by atoms with van der Waals surface area (Å²) >= 11 is 1.79. The highest BCUT2D eigenvalue weighted by molar-refractivity contribution is 7.10. The van der Waals surface area contributed by atoms with E-state index in [9.17, 15) is 4.79 Å². The third-order valence-electron chi connectivity index (χ3n) is 5.29. The maximum absolute atomic E-state index is 12.9. The normalized spacial score (nSPS) is 19.3. The Morgan fingerprint density at radius 3 is 3.00 bits per heavy atom. The van der Waals surface area contributed by atoms with Gasteiger partial charge in [-0.05, 0) is 48.4 Å². The quantitative estimate of drug-likeness (QED) is 0.674. The average molecular weight is 354 g/mol. The van der Waals surface area contributed by atoms with Gasteiger partial charge in [0.2, 0.25) is 0 Å². The van der Waals surface area contributed by atoms with E-state index < -0.39 is 0 Å². The van der Waals surface area contributed by atoms with Gasteiger partial charge in [-0.15, -0.1) is 11.3 Å². The predicted octanol–water partition coefficient (Wildman–Crippen LogP) is 2.50. The number of carbonyl (C=O) groups is 1. The zero-order valence-electron chi connectivity index (χ0n) is 13.7. The van der Waals surface area contributed by atoms with Crippen LogP contribution in [-0.4, -0.2) is 45.1 Å². The minimum Gasteiger partial charge on any atom is -0.369 e. The molecule has 1 fully saturated rings. The zero-order chi connectivity index (χ0) is 16.9. The van der Waals surface area contributed by atoms with Gasteiger partial charge in [0.1, 0.15) is 11.9 Å². The van der Waals surface area contributed by atoms with Crippen molar-refractivity contribution in [3.63, 3.8) is 0 Å². The number of piperidine rings is 1. The Hall–Kier alpha value is -2.25. The van der Waals surface area contributed by atoms with Crippen LogP contribution in [0.3, 0.4) is 0 Å². The molecule has 2 aliphatic rings. The molecule has 0 aliphatic carbocycles. The molecule has 3 aromatic heterocycles. The van der Waals surface area contributed by atoms with Crippen molar-refractivity contribution in [2.45, 2.75) is 24.9 Å². The lowest BCUT2D eigenvalue weighted by molar-refractivity contribution is -0.0906. The van der Waals surface area contributed by atoms with E-state index >= 15 is 0 Å². The summed E-state index contributed by atoms with van der Waals surface area (Å²) in [6.07, 6.45) is 5.97. The Labute approximate surface area is 149 Å². The van der Waals surface area contributed by atoms with Gasteiger partial charge >= 0.3 is 0 Å². The van der Waals surface area contributed by atoms with Gasteiger partial charge in [0.05, 0.1) is 12.2 Å². The van der Waals surface area contributed by atoms with Crippen LogP contribution in [0.25, 0.3) is 5.65 Å². The van der Waals surface area contributed by atoms with Gasteiger partial charge in [-0.25, -0.2) is 9.50 Å². The maximum atomic E-state index is 12.9. The van der Waals surface area contributed by atoms with Crippen LogP contribution in [0, 0.1) is 0 Å². The number of fused-ring (bicyclic) bond motifs is 3. The minimum atomic E-state index is -0.186.